The first-order chi connectivity index (χ1) is 4.22. The molecular weight excluding hydrogens is 232 g/mol. The maximum absolute atomic E-state index is 12.5. The Morgan fingerprint density at radius 1 is 1.67 bits per heavy atom. The largest absolute Gasteiger partial charge is 0.330 e. The van der Waals surface area contributed by atoms with Crippen LogP contribution in [0.4, 0.5) is 4.39 Å². The van der Waals surface area contributed by atoms with Gasteiger partial charge in [-0.3, -0.25) is 0 Å². The number of nitrogens with one attached hydrogen (secondary N) is 1. The van der Waals surface area contributed by atoms with E-state index in [0.29, 0.717) is 5.70 Å². The van der Waals surface area contributed by atoms with Crippen LogP contribution < -0.4 is 3.53 Å². The van der Waals surface area contributed by atoms with Gasteiger partial charge in [0.15, 0.2) is 0 Å². The van der Waals surface area contributed by atoms with Crippen molar-refractivity contribution in [2.45, 2.75) is 13.8 Å². The van der Waals surface area contributed by atoms with Gasteiger partial charge in [0.1, 0.15) is 5.83 Å². The van der Waals surface area contributed by atoms with E-state index < -0.39 is 0 Å². The maximum Gasteiger partial charge on any atom is 0.142 e. The van der Waals surface area contributed by atoms with E-state index in [1.165, 1.54) is 6.08 Å². The highest BCUT2D eigenvalue weighted by atomic mass is 127. The molecule has 0 saturated heterocycles. The van der Waals surface area contributed by atoms with Crippen LogP contribution in [0.1, 0.15) is 13.8 Å². The minimum atomic E-state index is -0.216. The third-order valence-corrected chi connectivity index (χ3v) is 1.62. The van der Waals surface area contributed by atoms with Gasteiger partial charge < -0.3 is 3.53 Å². The molecule has 0 saturated carbocycles. The van der Waals surface area contributed by atoms with Gasteiger partial charge in [0.2, 0.25) is 0 Å². The van der Waals surface area contributed by atoms with Crippen LogP contribution in [0.5, 0.6) is 0 Å². The van der Waals surface area contributed by atoms with E-state index >= 15 is 0 Å². The van der Waals surface area contributed by atoms with Gasteiger partial charge >= 0.3 is 0 Å². The van der Waals surface area contributed by atoms with Gasteiger partial charge in [-0.2, -0.15) is 0 Å². The Labute approximate surface area is 68.5 Å². The van der Waals surface area contributed by atoms with Crippen molar-refractivity contribution in [3.63, 3.8) is 0 Å². The Balaban J connectivity index is 4.10. The zero-order valence-electron chi connectivity index (χ0n) is 5.41. The second kappa shape index (κ2) is 4.78. The van der Waals surface area contributed by atoms with Crippen molar-refractivity contribution in [3.8, 4) is 0 Å². The molecule has 0 radical (unpaired) electrons. The monoisotopic (exact) mass is 241 g/mol. The SMILES string of the molecule is C/C=C\C(F)=C(/C)NI. The molecule has 0 aromatic carbocycles. The van der Waals surface area contributed by atoms with Gasteiger partial charge in [0.05, 0.1) is 28.6 Å². The highest BCUT2D eigenvalue weighted by Crippen LogP contribution is 2.04. The Morgan fingerprint density at radius 2 is 2.22 bits per heavy atom. The van der Waals surface area contributed by atoms with E-state index in [1.54, 1.807) is 19.9 Å². The van der Waals surface area contributed by atoms with Crippen LogP contribution in [-0.2, 0) is 0 Å². The summed E-state index contributed by atoms with van der Waals surface area (Å²) in [5, 5.41) is 0. The summed E-state index contributed by atoms with van der Waals surface area (Å²) in [5.74, 6) is -0.216. The predicted octanol–water partition coefficient (Wildman–Crippen LogP) is 2.70. The summed E-state index contributed by atoms with van der Waals surface area (Å²) in [4.78, 5) is 0. The Morgan fingerprint density at radius 3 is 2.56 bits per heavy atom. The number of allylic oxidation sites excluding steroid dienone is 4. The molecule has 0 rings (SSSR count). The van der Waals surface area contributed by atoms with Crippen LogP contribution in [0.3, 0.4) is 0 Å². The molecule has 1 nitrogen and oxygen atoms in total. The molecule has 3 heteroatoms. The normalized spacial score (nSPS) is 13.8. The molecule has 0 aliphatic carbocycles. The molecular formula is C6H9FIN. The molecule has 0 fully saturated rings. The lowest BCUT2D eigenvalue weighted by Crippen LogP contribution is -1.93. The van der Waals surface area contributed by atoms with Crippen molar-refractivity contribution in [2.75, 3.05) is 0 Å². The first-order valence-electron chi connectivity index (χ1n) is 2.58. The minimum absolute atomic E-state index is 0.216. The van der Waals surface area contributed by atoms with E-state index in [-0.39, 0.29) is 5.83 Å². The van der Waals surface area contributed by atoms with E-state index in [1.807, 2.05) is 22.9 Å². The van der Waals surface area contributed by atoms with E-state index in [0.717, 1.165) is 0 Å². The van der Waals surface area contributed by atoms with Crippen LogP contribution >= 0.6 is 22.9 Å². The molecule has 1 N–H and O–H groups in total. The lowest BCUT2D eigenvalue weighted by atomic mass is 10.4. The molecule has 0 bridgehead atoms. The summed E-state index contributed by atoms with van der Waals surface area (Å²) in [7, 11) is 0. The van der Waals surface area contributed by atoms with Gasteiger partial charge in [-0.1, -0.05) is 6.08 Å². The van der Waals surface area contributed by atoms with E-state index in [9.17, 15) is 4.39 Å². The van der Waals surface area contributed by atoms with Crippen LogP contribution in [-0.4, -0.2) is 0 Å². The summed E-state index contributed by atoms with van der Waals surface area (Å²) in [5.41, 5.74) is 0.550. The predicted molar refractivity (Wildman–Crippen MR) is 45.8 cm³/mol. The van der Waals surface area contributed by atoms with Crippen molar-refractivity contribution < 1.29 is 4.39 Å². The summed E-state index contributed by atoms with van der Waals surface area (Å²) in [6.45, 7) is 3.46. The zero-order chi connectivity index (χ0) is 7.28. The van der Waals surface area contributed by atoms with Crippen molar-refractivity contribution >= 4 is 22.9 Å². The van der Waals surface area contributed by atoms with Crippen molar-refractivity contribution in [3.05, 3.63) is 23.7 Å². The molecule has 0 unspecified atom stereocenters. The van der Waals surface area contributed by atoms with E-state index in [4.69, 9.17) is 0 Å². The van der Waals surface area contributed by atoms with Gasteiger partial charge in [-0.25, -0.2) is 4.39 Å². The summed E-state index contributed by atoms with van der Waals surface area (Å²) in [6.07, 6.45) is 3.08. The summed E-state index contributed by atoms with van der Waals surface area (Å²) in [6, 6.07) is 0. The standard InChI is InChI=1S/C6H9FIN/c1-3-4-6(7)5(2)9-8/h3-4,9H,1-2H3/b4-3-,6-5-. The first kappa shape index (κ1) is 8.94. The van der Waals surface area contributed by atoms with Crippen molar-refractivity contribution in [1.82, 2.24) is 3.53 Å². The van der Waals surface area contributed by atoms with Gasteiger partial charge in [-0.15, -0.1) is 0 Å². The second-order valence-corrected chi connectivity index (χ2v) is 2.11. The molecule has 0 aliphatic rings. The third-order valence-electron chi connectivity index (χ3n) is 0.813. The van der Waals surface area contributed by atoms with Crippen molar-refractivity contribution in [2.24, 2.45) is 0 Å². The highest BCUT2D eigenvalue weighted by molar-refractivity contribution is 14.1. The number of halogens is 2. The van der Waals surface area contributed by atoms with Gasteiger partial charge in [0, 0.05) is 0 Å². The van der Waals surface area contributed by atoms with E-state index in [2.05, 4.69) is 3.53 Å². The maximum atomic E-state index is 12.5. The zero-order valence-corrected chi connectivity index (χ0v) is 7.57. The molecule has 0 spiro atoms. The fourth-order valence-corrected chi connectivity index (χ4v) is 0.574. The molecule has 9 heavy (non-hydrogen) atoms. The first-order valence-corrected chi connectivity index (χ1v) is 3.66. The van der Waals surface area contributed by atoms with Gasteiger partial charge in [-0.05, 0) is 19.9 Å². The topological polar surface area (TPSA) is 12.0 Å². The molecule has 0 heterocycles. The fraction of sp³-hybridized carbons (Fsp3) is 0.333. The average molecular weight is 241 g/mol. The van der Waals surface area contributed by atoms with Crippen molar-refractivity contribution in [1.29, 1.82) is 0 Å². The fourth-order valence-electron chi connectivity index (χ4n) is 0.316. The second-order valence-electron chi connectivity index (χ2n) is 1.57. The Bertz CT molecular complexity index is 140. The lowest BCUT2D eigenvalue weighted by Gasteiger charge is -1.94. The number of hydrogen-bond donors (Lipinski definition) is 1. The Hall–Kier alpha value is -0.0600. The molecule has 0 atom stereocenters. The smallest absolute Gasteiger partial charge is 0.142 e. The molecule has 52 valence electrons. The number of rotatable bonds is 2. The quantitative estimate of drug-likeness (QED) is 0.445. The molecule has 0 aliphatic heterocycles. The summed E-state index contributed by atoms with van der Waals surface area (Å²) >= 11 is 1.89. The van der Waals surface area contributed by atoms with Crippen LogP contribution in [0, 0.1) is 0 Å². The third kappa shape index (κ3) is 3.51. The highest BCUT2D eigenvalue weighted by Gasteiger charge is 1.91. The minimum Gasteiger partial charge on any atom is -0.330 e. The average Bonchev–Trinajstić information content (AvgIpc) is 1.87. The van der Waals surface area contributed by atoms with Gasteiger partial charge in [0.25, 0.3) is 0 Å². The van der Waals surface area contributed by atoms with Crippen LogP contribution in [0.25, 0.3) is 0 Å². The molecule has 0 aromatic heterocycles. The Kier molecular flexibility index (Phi) is 4.75. The molecule has 0 aromatic rings. The van der Waals surface area contributed by atoms with Crippen LogP contribution in [0.15, 0.2) is 23.7 Å². The lowest BCUT2D eigenvalue weighted by molar-refractivity contribution is 0.650. The van der Waals surface area contributed by atoms with Crippen LogP contribution in [0.2, 0.25) is 0 Å². The molecule has 0 amide bonds. The summed E-state index contributed by atoms with van der Waals surface area (Å²) < 4.78 is 15.2. The number of hydrogen-bond acceptors (Lipinski definition) is 1.